The number of nitrogens with one attached hydrogen (secondary N) is 1. The molecule has 1 fully saturated rings. The first-order valence-corrected chi connectivity index (χ1v) is 6.68. The summed E-state index contributed by atoms with van der Waals surface area (Å²) in [6.07, 6.45) is 2.92. The van der Waals surface area contributed by atoms with Gasteiger partial charge in [-0.05, 0) is 26.7 Å². The number of hydrogen-bond acceptors (Lipinski definition) is 4. The number of likely N-dealkylation sites (tertiary alicyclic amines) is 1. The third kappa shape index (κ3) is 3.28. The maximum Gasteiger partial charge on any atom is 0.318 e. The van der Waals surface area contributed by atoms with Crippen molar-refractivity contribution in [3.05, 3.63) is 17.8 Å². The Morgan fingerprint density at radius 3 is 2.95 bits per heavy atom. The van der Waals surface area contributed by atoms with E-state index in [1.165, 1.54) is 4.90 Å². The van der Waals surface area contributed by atoms with E-state index in [-0.39, 0.29) is 18.6 Å². The fourth-order valence-electron chi connectivity index (χ4n) is 2.27. The van der Waals surface area contributed by atoms with E-state index >= 15 is 0 Å². The zero-order valence-electron chi connectivity index (χ0n) is 11.6. The van der Waals surface area contributed by atoms with E-state index in [4.69, 9.17) is 9.52 Å². The van der Waals surface area contributed by atoms with Crippen LogP contribution in [0.2, 0.25) is 0 Å². The molecule has 20 heavy (non-hydrogen) atoms. The number of oxazole rings is 1. The van der Waals surface area contributed by atoms with Gasteiger partial charge in [-0.3, -0.25) is 4.79 Å². The van der Waals surface area contributed by atoms with E-state index in [9.17, 15) is 9.59 Å². The number of nitrogens with zero attached hydrogens (tertiary/aromatic N) is 2. The molecule has 2 N–H and O–H groups in total. The fourth-order valence-corrected chi connectivity index (χ4v) is 2.27. The van der Waals surface area contributed by atoms with E-state index in [2.05, 4.69) is 10.3 Å². The number of carbonyl (C=O) groups is 2. The van der Waals surface area contributed by atoms with E-state index in [0.717, 1.165) is 0 Å². The van der Waals surface area contributed by atoms with Gasteiger partial charge in [-0.15, -0.1) is 0 Å². The number of carbonyl (C=O) groups excluding carboxylic acids is 1. The quantitative estimate of drug-likeness (QED) is 0.876. The number of carboxylic acids is 1. The van der Waals surface area contributed by atoms with Crippen LogP contribution in [0.25, 0.3) is 0 Å². The first-order chi connectivity index (χ1) is 9.47. The Bertz CT molecular complexity index is 500. The molecule has 1 aromatic rings. The molecule has 0 spiro atoms. The van der Waals surface area contributed by atoms with Crippen molar-refractivity contribution in [3.8, 4) is 0 Å². The van der Waals surface area contributed by atoms with Crippen LogP contribution in [0.15, 0.2) is 10.6 Å². The SMILES string of the molecule is Cc1cnc(C(C)NC(=O)N2CCC[C@H](C(=O)O)C2)o1. The number of hydrogen-bond donors (Lipinski definition) is 2. The van der Waals surface area contributed by atoms with Crippen LogP contribution >= 0.6 is 0 Å². The highest BCUT2D eigenvalue weighted by molar-refractivity contribution is 5.76. The minimum Gasteiger partial charge on any atom is -0.481 e. The van der Waals surface area contributed by atoms with Crippen molar-refractivity contribution >= 4 is 12.0 Å². The number of rotatable bonds is 3. The summed E-state index contributed by atoms with van der Waals surface area (Å²) in [7, 11) is 0. The molecule has 1 aliphatic heterocycles. The zero-order valence-corrected chi connectivity index (χ0v) is 11.6. The molecule has 0 aromatic carbocycles. The van der Waals surface area contributed by atoms with Gasteiger partial charge in [0.05, 0.1) is 12.1 Å². The molecule has 2 atom stereocenters. The molecule has 110 valence electrons. The maximum atomic E-state index is 12.1. The van der Waals surface area contributed by atoms with Gasteiger partial charge in [0, 0.05) is 13.1 Å². The van der Waals surface area contributed by atoms with Crippen LogP contribution in [-0.4, -0.2) is 40.1 Å². The first kappa shape index (κ1) is 14.4. The summed E-state index contributed by atoms with van der Waals surface area (Å²) in [4.78, 5) is 28.7. The molecule has 1 aromatic heterocycles. The molecule has 1 saturated heterocycles. The highest BCUT2D eigenvalue weighted by Gasteiger charge is 2.29. The van der Waals surface area contributed by atoms with Crippen molar-refractivity contribution in [2.45, 2.75) is 32.7 Å². The molecular formula is C13H19N3O4. The van der Waals surface area contributed by atoms with E-state index in [0.29, 0.717) is 31.0 Å². The number of aromatic nitrogens is 1. The second kappa shape index (κ2) is 5.94. The average molecular weight is 281 g/mol. The Labute approximate surface area is 117 Å². The number of aryl methyl sites for hydroxylation is 1. The lowest BCUT2D eigenvalue weighted by Crippen LogP contribution is -2.47. The zero-order chi connectivity index (χ0) is 14.7. The summed E-state index contributed by atoms with van der Waals surface area (Å²) in [5.74, 6) is -0.194. The standard InChI is InChI=1S/C13H19N3O4/c1-8-6-14-11(20-8)9(2)15-13(19)16-5-3-4-10(7-16)12(17)18/h6,9-10H,3-5,7H2,1-2H3,(H,15,19)(H,17,18)/t9?,10-/m0/s1. The minimum atomic E-state index is -0.848. The van der Waals surface area contributed by atoms with Gasteiger partial charge in [0.1, 0.15) is 11.8 Å². The molecule has 1 aliphatic rings. The van der Waals surface area contributed by atoms with Gasteiger partial charge in [-0.25, -0.2) is 9.78 Å². The van der Waals surface area contributed by atoms with Gasteiger partial charge >= 0.3 is 12.0 Å². The number of aliphatic carboxylic acids is 1. The lowest BCUT2D eigenvalue weighted by Gasteiger charge is -2.31. The highest BCUT2D eigenvalue weighted by atomic mass is 16.4. The average Bonchev–Trinajstić information content (AvgIpc) is 2.85. The molecule has 0 saturated carbocycles. The third-order valence-electron chi connectivity index (χ3n) is 3.41. The van der Waals surface area contributed by atoms with Crippen LogP contribution in [0.3, 0.4) is 0 Å². The number of amides is 2. The summed E-state index contributed by atoms with van der Waals surface area (Å²) >= 11 is 0. The normalized spacial score (nSPS) is 20.5. The number of urea groups is 1. The van der Waals surface area contributed by atoms with Gasteiger partial charge in [-0.1, -0.05) is 0 Å². The van der Waals surface area contributed by atoms with Crippen molar-refractivity contribution in [1.29, 1.82) is 0 Å². The predicted molar refractivity (Wildman–Crippen MR) is 70.1 cm³/mol. The van der Waals surface area contributed by atoms with Crippen LogP contribution in [-0.2, 0) is 4.79 Å². The smallest absolute Gasteiger partial charge is 0.318 e. The summed E-state index contributed by atoms with van der Waals surface area (Å²) < 4.78 is 5.35. The van der Waals surface area contributed by atoms with Gasteiger partial charge in [0.15, 0.2) is 0 Å². The predicted octanol–water partition coefficient (Wildman–Crippen LogP) is 1.55. The van der Waals surface area contributed by atoms with Gasteiger partial charge < -0.3 is 19.7 Å². The van der Waals surface area contributed by atoms with Gasteiger partial charge in [0.2, 0.25) is 5.89 Å². The van der Waals surface area contributed by atoms with Crippen molar-refractivity contribution < 1.29 is 19.1 Å². The molecular weight excluding hydrogens is 262 g/mol. The van der Waals surface area contributed by atoms with E-state index in [1.54, 1.807) is 20.0 Å². The first-order valence-electron chi connectivity index (χ1n) is 6.68. The van der Waals surface area contributed by atoms with Crippen molar-refractivity contribution in [2.75, 3.05) is 13.1 Å². The van der Waals surface area contributed by atoms with Crippen LogP contribution in [0.4, 0.5) is 4.79 Å². The van der Waals surface area contributed by atoms with E-state index < -0.39 is 11.9 Å². The summed E-state index contributed by atoms with van der Waals surface area (Å²) in [5, 5.41) is 11.8. The molecule has 2 amide bonds. The molecule has 7 nitrogen and oxygen atoms in total. The summed E-state index contributed by atoms with van der Waals surface area (Å²) in [5.41, 5.74) is 0. The maximum absolute atomic E-state index is 12.1. The monoisotopic (exact) mass is 281 g/mol. The van der Waals surface area contributed by atoms with Crippen LogP contribution in [0, 0.1) is 12.8 Å². The number of piperidine rings is 1. The third-order valence-corrected chi connectivity index (χ3v) is 3.41. The van der Waals surface area contributed by atoms with E-state index in [1.807, 2.05) is 0 Å². The fraction of sp³-hybridized carbons (Fsp3) is 0.615. The molecule has 0 aliphatic carbocycles. The molecule has 2 heterocycles. The lowest BCUT2D eigenvalue weighted by molar-refractivity contribution is -0.143. The van der Waals surface area contributed by atoms with Crippen molar-refractivity contribution in [1.82, 2.24) is 15.2 Å². The van der Waals surface area contributed by atoms with Gasteiger partial charge in [-0.2, -0.15) is 0 Å². The Balaban J connectivity index is 1.92. The highest BCUT2D eigenvalue weighted by Crippen LogP contribution is 2.18. The lowest BCUT2D eigenvalue weighted by atomic mass is 9.99. The summed E-state index contributed by atoms with van der Waals surface area (Å²) in [6.45, 7) is 4.39. The second-order valence-corrected chi connectivity index (χ2v) is 5.10. The van der Waals surface area contributed by atoms with Crippen molar-refractivity contribution in [2.24, 2.45) is 5.92 Å². The molecule has 0 radical (unpaired) electrons. The Hall–Kier alpha value is -2.05. The number of carboxylic acid groups (broad SMARTS) is 1. The Morgan fingerprint density at radius 2 is 2.35 bits per heavy atom. The Morgan fingerprint density at radius 1 is 1.60 bits per heavy atom. The summed E-state index contributed by atoms with van der Waals surface area (Å²) in [6, 6.07) is -0.624. The molecule has 7 heteroatoms. The second-order valence-electron chi connectivity index (χ2n) is 5.10. The van der Waals surface area contributed by atoms with Gasteiger partial charge in [0.25, 0.3) is 0 Å². The van der Waals surface area contributed by atoms with Crippen LogP contribution in [0.5, 0.6) is 0 Å². The minimum absolute atomic E-state index is 0.249. The van der Waals surface area contributed by atoms with Crippen LogP contribution < -0.4 is 5.32 Å². The molecule has 2 rings (SSSR count). The van der Waals surface area contributed by atoms with Crippen LogP contribution in [0.1, 0.15) is 37.5 Å². The van der Waals surface area contributed by atoms with Crippen molar-refractivity contribution in [3.63, 3.8) is 0 Å². The molecule has 0 bridgehead atoms. The topological polar surface area (TPSA) is 95.7 Å². The Kier molecular flexibility index (Phi) is 4.26. The largest absolute Gasteiger partial charge is 0.481 e. The molecule has 1 unspecified atom stereocenters.